The summed E-state index contributed by atoms with van der Waals surface area (Å²) in [6.45, 7) is 0.390. The predicted molar refractivity (Wildman–Crippen MR) is 111 cm³/mol. The maximum absolute atomic E-state index is 13.5. The van der Waals surface area contributed by atoms with Gasteiger partial charge in [0.2, 0.25) is 5.95 Å². The highest BCUT2D eigenvalue weighted by Gasteiger charge is 2.34. The second-order valence-corrected chi connectivity index (χ2v) is 8.62. The van der Waals surface area contributed by atoms with E-state index < -0.39 is 34.3 Å². The SMILES string of the molecule is O=c1nc(N2CC=C(c3ccc(F)c(C(F)(F)F)c3)CC2)ncn1Cc1ccc(C(F)(F)F)s1. The van der Waals surface area contributed by atoms with Crippen molar-refractivity contribution in [2.24, 2.45) is 0 Å². The van der Waals surface area contributed by atoms with E-state index in [0.717, 1.165) is 22.8 Å². The first-order valence-electron chi connectivity index (χ1n) is 9.82. The number of anilines is 1. The van der Waals surface area contributed by atoms with Crippen molar-refractivity contribution in [3.05, 3.63) is 79.9 Å². The standard InChI is InChI=1S/C21H15F7N4OS/c22-16-3-1-13(9-15(16)20(23,24)25)12-5-7-31(8-6-12)18-29-11-32(19(33)30-18)10-14-2-4-17(34-14)21(26,27)28/h1-5,9,11H,6-8,10H2. The summed E-state index contributed by atoms with van der Waals surface area (Å²) in [5, 5.41) is 0. The summed E-state index contributed by atoms with van der Waals surface area (Å²) >= 11 is 0.525. The van der Waals surface area contributed by atoms with E-state index in [9.17, 15) is 35.5 Å². The molecule has 0 bridgehead atoms. The fourth-order valence-corrected chi connectivity index (χ4v) is 4.32. The molecule has 0 saturated carbocycles. The summed E-state index contributed by atoms with van der Waals surface area (Å²) in [4.78, 5) is 21.5. The first kappa shape index (κ1) is 23.9. The van der Waals surface area contributed by atoms with E-state index in [0.29, 0.717) is 34.8 Å². The lowest BCUT2D eigenvalue weighted by atomic mass is 9.97. The Hall–Kier alpha value is -3.22. The minimum absolute atomic E-state index is 0.0915. The Morgan fingerprint density at radius 3 is 2.38 bits per heavy atom. The zero-order valence-electron chi connectivity index (χ0n) is 17.1. The molecule has 5 nitrogen and oxygen atoms in total. The molecule has 0 N–H and O–H groups in total. The lowest BCUT2D eigenvalue weighted by molar-refractivity contribution is -0.140. The average molecular weight is 504 g/mol. The number of halogens is 7. The molecule has 1 aliphatic heterocycles. The Morgan fingerprint density at radius 1 is 1.03 bits per heavy atom. The lowest BCUT2D eigenvalue weighted by Crippen LogP contribution is -2.34. The van der Waals surface area contributed by atoms with Crippen LogP contribution in [0.2, 0.25) is 0 Å². The highest BCUT2D eigenvalue weighted by atomic mass is 32.1. The summed E-state index contributed by atoms with van der Waals surface area (Å²) in [6, 6.07) is 5.04. The molecule has 180 valence electrons. The smallest absolute Gasteiger partial charge is 0.337 e. The molecule has 1 aliphatic rings. The summed E-state index contributed by atoms with van der Waals surface area (Å²) in [7, 11) is 0. The van der Waals surface area contributed by atoms with Crippen molar-refractivity contribution in [1.82, 2.24) is 14.5 Å². The van der Waals surface area contributed by atoms with Crippen LogP contribution >= 0.6 is 11.3 Å². The van der Waals surface area contributed by atoms with E-state index in [1.54, 1.807) is 11.0 Å². The normalized spacial score (nSPS) is 14.9. The molecule has 0 unspecified atom stereocenters. The topological polar surface area (TPSA) is 51.0 Å². The molecule has 0 atom stereocenters. The van der Waals surface area contributed by atoms with Crippen LogP contribution in [0, 0.1) is 5.82 Å². The van der Waals surface area contributed by atoms with Crippen LogP contribution < -0.4 is 10.6 Å². The van der Waals surface area contributed by atoms with Crippen molar-refractivity contribution >= 4 is 22.9 Å². The van der Waals surface area contributed by atoms with Gasteiger partial charge in [-0.3, -0.25) is 4.57 Å². The van der Waals surface area contributed by atoms with Crippen molar-refractivity contribution < 1.29 is 30.7 Å². The van der Waals surface area contributed by atoms with Crippen molar-refractivity contribution in [3.63, 3.8) is 0 Å². The van der Waals surface area contributed by atoms with E-state index in [-0.39, 0.29) is 24.6 Å². The lowest BCUT2D eigenvalue weighted by Gasteiger charge is -2.26. The average Bonchev–Trinajstić information content (AvgIpc) is 3.24. The van der Waals surface area contributed by atoms with Gasteiger partial charge < -0.3 is 4.90 Å². The molecule has 13 heteroatoms. The van der Waals surface area contributed by atoms with Crippen LogP contribution in [-0.2, 0) is 18.9 Å². The van der Waals surface area contributed by atoms with Gasteiger partial charge in [0, 0.05) is 18.0 Å². The van der Waals surface area contributed by atoms with Gasteiger partial charge in [-0.25, -0.2) is 14.2 Å². The Kier molecular flexibility index (Phi) is 6.23. The maximum atomic E-state index is 13.5. The number of nitrogens with zero attached hydrogens (tertiary/aromatic N) is 4. The van der Waals surface area contributed by atoms with Gasteiger partial charge in [0.1, 0.15) is 17.0 Å². The van der Waals surface area contributed by atoms with Gasteiger partial charge in [-0.05, 0) is 41.8 Å². The van der Waals surface area contributed by atoms with Crippen LogP contribution in [0.4, 0.5) is 36.7 Å². The minimum Gasteiger partial charge on any atom is -0.337 e. The van der Waals surface area contributed by atoms with Gasteiger partial charge >= 0.3 is 18.0 Å². The number of benzene rings is 1. The fourth-order valence-electron chi connectivity index (χ4n) is 3.45. The second-order valence-electron chi connectivity index (χ2n) is 7.45. The van der Waals surface area contributed by atoms with Crippen molar-refractivity contribution in [2.45, 2.75) is 25.3 Å². The Balaban J connectivity index is 1.47. The Bertz CT molecular complexity index is 1290. The third-order valence-corrected chi connectivity index (χ3v) is 6.27. The first-order valence-corrected chi connectivity index (χ1v) is 10.6. The van der Waals surface area contributed by atoms with Gasteiger partial charge in [-0.2, -0.15) is 31.3 Å². The molecule has 0 fully saturated rings. The quantitative estimate of drug-likeness (QED) is 0.458. The summed E-state index contributed by atoms with van der Waals surface area (Å²) < 4.78 is 91.8. The molecule has 3 heterocycles. The minimum atomic E-state index is -4.81. The van der Waals surface area contributed by atoms with Crippen LogP contribution in [0.1, 0.15) is 27.3 Å². The molecule has 1 aromatic carbocycles. The molecular weight excluding hydrogens is 489 g/mol. The van der Waals surface area contributed by atoms with Gasteiger partial charge in [0.15, 0.2) is 0 Å². The van der Waals surface area contributed by atoms with Crippen molar-refractivity contribution in [3.8, 4) is 0 Å². The number of hydrogen-bond acceptors (Lipinski definition) is 5. The van der Waals surface area contributed by atoms with E-state index in [4.69, 9.17) is 0 Å². The highest BCUT2D eigenvalue weighted by Crippen LogP contribution is 2.35. The molecule has 0 spiro atoms. The van der Waals surface area contributed by atoms with Crippen LogP contribution in [0.3, 0.4) is 0 Å². The third kappa shape index (κ3) is 5.13. The van der Waals surface area contributed by atoms with Crippen LogP contribution in [0.15, 0.2) is 47.5 Å². The Morgan fingerprint density at radius 2 is 1.79 bits per heavy atom. The largest absolute Gasteiger partial charge is 0.425 e. The monoisotopic (exact) mass is 504 g/mol. The van der Waals surface area contributed by atoms with Gasteiger partial charge in [-0.1, -0.05) is 12.1 Å². The van der Waals surface area contributed by atoms with Crippen LogP contribution in [0.25, 0.3) is 5.57 Å². The van der Waals surface area contributed by atoms with E-state index in [1.165, 1.54) is 18.5 Å². The zero-order valence-corrected chi connectivity index (χ0v) is 17.9. The number of aromatic nitrogens is 3. The van der Waals surface area contributed by atoms with Crippen molar-refractivity contribution in [2.75, 3.05) is 18.0 Å². The molecule has 2 aromatic heterocycles. The maximum Gasteiger partial charge on any atom is 0.425 e. The van der Waals surface area contributed by atoms with Crippen LogP contribution in [0.5, 0.6) is 0 Å². The third-order valence-electron chi connectivity index (χ3n) is 5.16. The number of thiophene rings is 1. The second kappa shape index (κ2) is 8.85. The van der Waals surface area contributed by atoms with E-state index in [1.807, 2.05) is 0 Å². The summed E-state index contributed by atoms with van der Waals surface area (Å²) in [5.41, 5.74) is -1.20. The van der Waals surface area contributed by atoms with E-state index in [2.05, 4.69) is 9.97 Å². The molecule has 34 heavy (non-hydrogen) atoms. The van der Waals surface area contributed by atoms with Gasteiger partial charge in [0.05, 0.1) is 12.1 Å². The number of rotatable bonds is 4. The molecule has 0 saturated heterocycles. The van der Waals surface area contributed by atoms with Gasteiger partial charge in [0.25, 0.3) is 0 Å². The molecule has 4 rings (SSSR count). The predicted octanol–water partition coefficient (Wildman–Crippen LogP) is 5.22. The fraction of sp³-hybridized carbons (Fsp3) is 0.286. The van der Waals surface area contributed by atoms with Gasteiger partial charge in [-0.15, -0.1) is 11.3 Å². The number of alkyl halides is 6. The molecule has 0 radical (unpaired) electrons. The molecule has 0 aliphatic carbocycles. The molecule has 3 aromatic rings. The van der Waals surface area contributed by atoms with Crippen LogP contribution in [-0.4, -0.2) is 27.6 Å². The Labute approximate surface area is 191 Å². The summed E-state index contributed by atoms with van der Waals surface area (Å²) in [5.74, 6) is -1.26. The molecular formula is C21H15F7N4OS. The summed E-state index contributed by atoms with van der Waals surface area (Å²) in [6.07, 6.45) is -6.12. The first-order chi connectivity index (χ1) is 15.9. The number of hydrogen-bond donors (Lipinski definition) is 0. The van der Waals surface area contributed by atoms with Crippen molar-refractivity contribution in [1.29, 1.82) is 0 Å². The zero-order chi connectivity index (χ0) is 24.7. The molecule has 0 amide bonds. The van der Waals surface area contributed by atoms with E-state index >= 15 is 0 Å². The highest BCUT2D eigenvalue weighted by molar-refractivity contribution is 7.12.